The highest BCUT2D eigenvalue weighted by Crippen LogP contribution is 2.32. The van der Waals surface area contributed by atoms with Gasteiger partial charge in [0.15, 0.2) is 5.65 Å². The van der Waals surface area contributed by atoms with E-state index in [0.717, 1.165) is 28.9 Å². The smallest absolute Gasteiger partial charge is 0.272 e. The van der Waals surface area contributed by atoms with E-state index in [4.69, 9.17) is 14.8 Å². The molecule has 0 aliphatic rings. The summed E-state index contributed by atoms with van der Waals surface area (Å²) in [6, 6.07) is 31.9. The van der Waals surface area contributed by atoms with Crippen molar-refractivity contribution >= 4 is 11.6 Å². The van der Waals surface area contributed by atoms with E-state index in [1.165, 1.54) is 5.56 Å². The minimum atomic E-state index is -0.176. The summed E-state index contributed by atoms with van der Waals surface area (Å²) in [5.74, 6) is 0.591. The second-order valence-corrected chi connectivity index (χ2v) is 10.7. The van der Waals surface area contributed by atoms with E-state index in [9.17, 15) is 4.79 Å². The first kappa shape index (κ1) is 26.2. The average Bonchev–Trinajstić information content (AvgIpc) is 3.41. The van der Waals surface area contributed by atoms with Gasteiger partial charge in [-0.3, -0.25) is 4.79 Å². The predicted molar refractivity (Wildman–Crippen MR) is 155 cm³/mol. The third kappa shape index (κ3) is 5.85. The first-order valence-electron chi connectivity index (χ1n) is 13.3. The fourth-order valence-corrected chi connectivity index (χ4v) is 4.63. The maximum atomic E-state index is 14.2. The van der Waals surface area contributed by atoms with E-state index in [2.05, 4.69) is 32.9 Å². The monoisotopic (exact) mass is 518 g/mol. The maximum Gasteiger partial charge on any atom is 0.272 e. The molecule has 6 heteroatoms. The van der Waals surface area contributed by atoms with Crippen LogP contribution in [0, 0.1) is 0 Å². The zero-order valence-electron chi connectivity index (χ0n) is 23.0. The Bertz CT molecular complexity index is 1570. The molecule has 0 N–H and O–H groups in total. The third-order valence-corrected chi connectivity index (χ3v) is 6.81. The van der Waals surface area contributed by atoms with Crippen LogP contribution in [0.15, 0.2) is 97.1 Å². The van der Waals surface area contributed by atoms with Gasteiger partial charge in [-0.1, -0.05) is 93.6 Å². The van der Waals surface area contributed by atoms with E-state index in [1.807, 2.05) is 94.3 Å². The van der Waals surface area contributed by atoms with Gasteiger partial charge in [0.1, 0.15) is 11.4 Å². The maximum absolute atomic E-state index is 14.2. The summed E-state index contributed by atoms with van der Waals surface area (Å²) in [6.07, 6.45) is 0.752. The zero-order valence-corrected chi connectivity index (χ0v) is 23.0. The van der Waals surface area contributed by atoms with E-state index in [1.54, 1.807) is 7.11 Å². The number of ether oxygens (including phenoxy) is 1. The van der Waals surface area contributed by atoms with Crippen LogP contribution < -0.4 is 4.74 Å². The lowest BCUT2D eigenvalue weighted by Gasteiger charge is -2.23. The first-order chi connectivity index (χ1) is 18.8. The van der Waals surface area contributed by atoms with Gasteiger partial charge in [0, 0.05) is 30.1 Å². The number of aromatic nitrogens is 3. The van der Waals surface area contributed by atoms with Crippen LogP contribution in [0.25, 0.3) is 16.9 Å². The molecule has 39 heavy (non-hydrogen) atoms. The molecule has 0 atom stereocenters. The molecular weight excluding hydrogens is 484 g/mol. The molecular formula is C33H34N4O2. The summed E-state index contributed by atoms with van der Waals surface area (Å²) in [6.45, 7) is 7.43. The van der Waals surface area contributed by atoms with Gasteiger partial charge >= 0.3 is 0 Å². The van der Waals surface area contributed by atoms with Crippen molar-refractivity contribution in [2.24, 2.45) is 0 Å². The summed E-state index contributed by atoms with van der Waals surface area (Å²) < 4.78 is 7.50. The number of fused-ring (bicyclic) bond motifs is 1. The summed E-state index contributed by atoms with van der Waals surface area (Å²) in [4.78, 5) is 20.9. The molecule has 198 valence electrons. The molecule has 0 spiro atoms. The fourth-order valence-electron chi connectivity index (χ4n) is 4.63. The highest BCUT2D eigenvalue weighted by Gasteiger charge is 2.24. The van der Waals surface area contributed by atoms with Crippen molar-refractivity contribution in [2.45, 2.75) is 39.2 Å². The van der Waals surface area contributed by atoms with E-state index < -0.39 is 0 Å². The van der Waals surface area contributed by atoms with Crippen molar-refractivity contribution in [1.82, 2.24) is 19.5 Å². The fraction of sp³-hybridized carbons (Fsp3) is 0.242. The number of carbonyl (C=O) groups excluding carboxylic acids is 1. The van der Waals surface area contributed by atoms with E-state index in [0.29, 0.717) is 30.2 Å². The Hall–Kier alpha value is -4.45. The second-order valence-electron chi connectivity index (χ2n) is 10.7. The lowest BCUT2D eigenvalue weighted by molar-refractivity contribution is 0.0739. The summed E-state index contributed by atoms with van der Waals surface area (Å²) >= 11 is 0. The summed E-state index contributed by atoms with van der Waals surface area (Å²) in [5.41, 5.74) is 5.62. The van der Waals surface area contributed by atoms with Crippen LogP contribution in [0.3, 0.4) is 0 Å². The quantitative estimate of drug-likeness (QED) is 0.233. The number of carbonyl (C=O) groups is 1. The van der Waals surface area contributed by atoms with Gasteiger partial charge in [-0.15, -0.1) is 0 Å². The van der Waals surface area contributed by atoms with Gasteiger partial charge in [0.05, 0.1) is 18.5 Å². The standard InChI is InChI=1S/C33H34N4O2/c1-33(2,3)30-22-31-34-27(21-28(37(31)35-30)26-17-11-12-18-29(26)39-4)32(38)36(23-25-15-9-6-10-16-25)20-19-24-13-7-5-8-14-24/h5-18,21-22H,19-20,23H2,1-4H3. The van der Waals surface area contributed by atoms with Gasteiger partial charge in [-0.25, -0.2) is 9.50 Å². The minimum absolute atomic E-state index is 0.119. The van der Waals surface area contributed by atoms with Gasteiger partial charge in [-0.05, 0) is 35.7 Å². The molecule has 0 unspecified atom stereocenters. The van der Waals surface area contributed by atoms with Gasteiger partial charge in [0.2, 0.25) is 0 Å². The van der Waals surface area contributed by atoms with Crippen molar-refractivity contribution in [1.29, 1.82) is 0 Å². The summed E-state index contributed by atoms with van der Waals surface area (Å²) in [7, 11) is 1.65. The van der Waals surface area contributed by atoms with Crippen LogP contribution >= 0.6 is 0 Å². The van der Waals surface area contributed by atoms with Crippen LogP contribution in [-0.2, 0) is 18.4 Å². The highest BCUT2D eigenvalue weighted by molar-refractivity contribution is 5.94. The molecule has 0 aliphatic heterocycles. The molecule has 3 aromatic carbocycles. The van der Waals surface area contributed by atoms with Gasteiger partial charge < -0.3 is 9.64 Å². The molecule has 0 bridgehead atoms. The predicted octanol–water partition coefficient (Wildman–Crippen LogP) is 6.59. The van der Waals surface area contributed by atoms with Gasteiger partial charge in [-0.2, -0.15) is 5.10 Å². The number of rotatable bonds is 8. The molecule has 5 aromatic rings. The lowest BCUT2D eigenvalue weighted by Crippen LogP contribution is -2.33. The van der Waals surface area contributed by atoms with Crippen LogP contribution in [0.1, 0.15) is 48.1 Å². The average molecular weight is 519 g/mol. The van der Waals surface area contributed by atoms with Gasteiger partial charge in [0.25, 0.3) is 5.91 Å². The Kier molecular flexibility index (Phi) is 7.46. The van der Waals surface area contributed by atoms with Crippen molar-refractivity contribution in [3.8, 4) is 17.0 Å². The van der Waals surface area contributed by atoms with Crippen molar-refractivity contribution in [2.75, 3.05) is 13.7 Å². The number of amides is 1. The van der Waals surface area contributed by atoms with Crippen LogP contribution in [0.2, 0.25) is 0 Å². The van der Waals surface area contributed by atoms with Crippen LogP contribution in [0.5, 0.6) is 5.75 Å². The van der Waals surface area contributed by atoms with E-state index in [-0.39, 0.29) is 11.3 Å². The molecule has 2 heterocycles. The summed E-state index contributed by atoms with van der Waals surface area (Å²) in [5, 5.41) is 4.90. The number of hydrogen-bond acceptors (Lipinski definition) is 4. The second kappa shape index (κ2) is 11.1. The molecule has 0 saturated heterocycles. The SMILES string of the molecule is COc1ccccc1-c1cc(C(=O)N(CCc2ccccc2)Cc2ccccc2)nc2cc(C(C)(C)C)nn12. The van der Waals surface area contributed by atoms with Crippen LogP contribution in [0.4, 0.5) is 0 Å². The Morgan fingerprint density at radius 1 is 0.872 bits per heavy atom. The number of hydrogen-bond donors (Lipinski definition) is 0. The Balaban J connectivity index is 1.60. The lowest BCUT2D eigenvalue weighted by atomic mass is 9.93. The molecule has 0 saturated carbocycles. The van der Waals surface area contributed by atoms with Crippen molar-refractivity contribution in [3.05, 3.63) is 120 Å². The van der Waals surface area contributed by atoms with Crippen LogP contribution in [-0.4, -0.2) is 39.1 Å². The molecule has 0 aliphatic carbocycles. The molecule has 0 radical (unpaired) electrons. The number of methoxy groups -OCH3 is 1. The normalized spacial score (nSPS) is 11.5. The first-order valence-corrected chi connectivity index (χ1v) is 13.3. The minimum Gasteiger partial charge on any atom is -0.496 e. The Morgan fingerprint density at radius 3 is 2.18 bits per heavy atom. The van der Waals surface area contributed by atoms with Crippen molar-refractivity contribution < 1.29 is 9.53 Å². The van der Waals surface area contributed by atoms with E-state index >= 15 is 0 Å². The zero-order chi connectivity index (χ0) is 27.4. The highest BCUT2D eigenvalue weighted by atomic mass is 16.5. The molecule has 5 rings (SSSR count). The Labute approximate surface area is 229 Å². The molecule has 0 fully saturated rings. The molecule has 1 amide bonds. The number of nitrogens with zero attached hydrogens (tertiary/aromatic N) is 4. The molecule has 6 nitrogen and oxygen atoms in total. The van der Waals surface area contributed by atoms with Crippen molar-refractivity contribution in [3.63, 3.8) is 0 Å². The largest absolute Gasteiger partial charge is 0.496 e. The number of benzene rings is 3. The third-order valence-electron chi connectivity index (χ3n) is 6.81. The number of para-hydroxylation sites is 1. The topological polar surface area (TPSA) is 59.7 Å². The molecule has 2 aromatic heterocycles. The Morgan fingerprint density at radius 2 is 1.51 bits per heavy atom.